The number of nitrogens with one attached hydrogen (secondary N) is 1. The van der Waals surface area contributed by atoms with Gasteiger partial charge in [-0.25, -0.2) is 0 Å². The molecule has 3 rings (SSSR count). The van der Waals surface area contributed by atoms with Crippen LogP contribution in [0.2, 0.25) is 0 Å². The summed E-state index contributed by atoms with van der Waals surface area (Å²) in [6.45, 7) is 2.62. The first-order valence-electron chi connectivity index (χ1n) is 8.66. The number of hydrogen-bond donors (Lipinski definition) is 1. The first-order valence-corrected chi connectivity index (χ1v) is 8.66. The Morgan fingerprint density at radius 2 is 1.95 bits per heavy atom. The van der Waals surface area contributed by atoms with E-state index in [1.54, 1.807) is 7.11 Å². The van der Waals surface area contributed by atoms with Crippen LogP contribution in [-0.2, 0) is 11.3 Å². The lowest BCUT2D eigenvalue weighted by Gasteiger charge is -2.19. The molecule has 1 aromatic rings. The van der Waals surface area contributed by atoms with E-state index in [9.17, 15) is 0 Å². The fraction of sp³-hybridized carbons (Fsp3) is 0.824. The van der Waals surface area contributed by atoms with E-state index in [2.05, 4.69) is 16.2 Å². The molecule has 1 heterocycles. The van der Waals surface area contributed by atoms with Gasteiger partial charge in [-0.3, -0.25) is 4.68 Å². The van der Waals surface area contributed by atoms with E-state index in [4.69, 9.17) is 9.84 Å². The van der Waals surface area contributed by atoms with Gasteiger partial charge in [-0.1, -0.05) is 25.7 Å². The molecule has 2 aliphatic carbocycles. The molecule has 0 radical (unpaired) electrons. The van der Waals surface area contributed by atoms with Crippen molar-refractivity contribution in [3.63, 3.8) is 0 Å². The third-order valence-corrected chi connectivity index (χ3v) is 4.85. The Labute approximate surface area is 128 Å². The molecule has 0 amide bonds. The lowest BCUT2D eigenvalue weighted by Crippen LogP contribution is -2.20. The summed E-state index contributed by atoms with van der Waals surface area (Å²) in [7, 11) is 1.75. The third kappa shape index (κ3) is 3.86. The van der Waals surface area contributed by atoms with Crippen molar-refractivity contribution in [3.05, 3.63) is 17.5 Å². The van der Waals surface area contributed by atoms with Crippen LogP contribution in [0.25, 0.3) is 0 Å². The maximum atomic E-state index is 5.10. The Hall–Kier alpha value is -0.870. The molecule has 1 N–H and O–H groups in total. The van der Waals surface area contributed by atoms with Crippen LogP contribution in [0.5, 0.6) is 0 Å². The van der Waals surface area contributed by atoms with Crippen LogP contribution < -0.4 is 5.32 Å². The Balaban J connectivity index is 1.69. The Morgan fingerprint density at radius 3 is 2.62 bits per heavy atom. The highest BCUT2D eigenvalue weighted by Crippen LogP contribution is 2.43. The van der Waals surface area contributed by atoms with Crippen molar-refractivity contribution in [3.8, 4) is 0 Å². The second-order valence-electron chi connectivity index (χ2n) is 6.59. The van der Waals surface area contributed by atoms with E-state index in [0.29, 0.717) is 6.04 Å². The molecule has 4 nitrogen and oxygen atoms in total. The zero-order valence-corrected chi connectivity index (χ0v) is 13.3. The normalized spacial score (nSPS) is 20.6. The standard InChI is InChI=1S/C17H29N3O/c1-21-11-10-18-12-15-13-19-20(17(15)14-8-9-14)16-6-4-2-3-5-7-16/h13-14,16,18H,2-12H2,1H3. The summed E-state index contributed by atoms with van der Waals surface area (Å²) in [6, 6.07) is 0.649. The summed E-state index contributed by atoms with van der Waals surface area (Å²) in [5.41, 5.74) is 2.95. The van der Waals surface area contributed by atoms with Crippen molar-refractivity contribution in [2.75, 3.05) is 20.3 Å². The maximum absolute atomic E-state index is 5.10. The van der Waals surface area contributed by atoms with Gasteiger partial charge in [-0.15, -0.1) is 0 Å². The predicted octanol–water partition coefficient (Wildman–Crippen LogP) is 3.39. The van der Waals surface area contributed by atoms with Crippen molar-refractivity contribution in [1.29, 1.82) is 0 Å². The van der Waals surface area contributed by atoms with E-state index in [0.717, 1.165) is 25.6 Å². The zero-order chi connectivity index (χ0) is 14.5. The van der Waals surface area contributed by atoms with E-state index in [1.807, 2.05) is 0 Å². The number of ether oxygens (including phenoxy) is 1. The summed E-state index contributed by atoms with van der Waals surface area (Å²) in [5, 5.41) is 8.26. The topological polar surface area (TPSA) is 39.1 Å². The summed E-state index contributed by atoms with van der Waals surface area (Å²) >= 11 is 0. The van der Waals surface area contributed by atoms with Crippen molar-refractivity contribution >= 4 is 0 Å². The molecule has 0 spiro atoms. The molecular formula is C17H29N3O. The van der Waals surface area contributed by atoms with Crippen LogP contribution in [0.1, 0.15) is 74.6 Å². The molecule has 0 aliphatic heterocycles. The van der Waals surface area contributed by atoms with Crippen LogP contribution in [0.4, 0.5) is 0 Å². The molecule has 2 aliphatic rings. The lowest BCUT2D eigenvalue weighted by molar-refractivity contribution is 0.199. The number of nitrogens with zero attached hydrogens (tertiary/aromatic N) is 2. The molecule has 118 valence electrons. The van der Waals surface area contributed by atoms with Crippen molar-refractivity contribution in [2.45, 2.75) is 69.9 Å². The SMILES string of the molecule is COCCNCc1cnn(C2CCCCCC2)c1C1CC1. The van der Waals surface area contributed by atoms with Gasteiger partial charge in [0, 0.05) is 37.4 Å². The fourth-order valence-corrected chi connectivity index (χ4v) is 3.54. The van der Waals surface area contributed by atoms with Gasteiger partial charge in [0.2, 0.25) is 0 Å². The monoisotopic (exact) mass is 291 g/mol. The first kappa shape index (κ1) is 15.0. The number of aromatic nitrogens is 2. The van der Waals surface area contributed by atoms with Gasteiger partial charge in [0.15, 0.2) is 0 Å². The Kier molecular flexibility index (Phi) is 5.31. The van der Waals surface area contributed by atoms with Crippen LogP contribution >= 0.6 is 0 Å². The van der Waals surface area contributed by atoms with Crippen LogP contribution in [-0.4, -0.2) is 30.0 Å². The van der Waals surface area contributed by atoms with Gasteiger partial charge in [0.1, 0.15) is 0 Å². The zero-order valence-electron chi connectivity index (χ0n) is 13.3. The van der Waals surface area contributed by atoms with Crippen LogP contribution in [0.15, 0.2) is 6.20 Å². The van der Waals surface area contributed by atoms with Crippen molar-refractivity contribution in [1.82, 2.24) is 15.1 Å². The first-order chi connectivity index (χ1) is 10.4. The molecular weight excluding hydrogens is 262 g/mol. The summed E-state index contributed by atoms with van der Waals surface area (Å²) in [6.07, 6.45) is 13.0. The Bertz CT molecular complexity index is 431. The molecule has 0 aromatic carbocycles. The lowest BCUT2D eigenvalue weighted by atomic mass is 10.1. The minimum atomic E-state index is 0.649. The molecule has 0 unspecified atom stereocenters. The molecule has 2 saturated carbocycles. The highest BCUT2D eigenvalue weighted by atomic mass is 16.5. The number of methoxy groups -OCH3 is 1. The van der Waals surface area contributed by atoms with Gasteiger partial charge in [-0.05, 0) is 25.7 Å². The summed E-state index contributed by atoms with van der Waals surface area (Å²) in [4.78, 5) is 0. The van der Waals surface area contributed by atoms with Gasteiger partial charge in [0.25, 0.3) is 0 Å². The largest absolute Gasteiger partial charge is 0.383 e. The predicted molar refractivity (Wildman–Crippen MR) is 84.5 cm³/mol. The second-order valence-corrected chi connectivity index (χ2v) is 6.59. The minimum absolute atomic E-state index is 0.649. The molecule has 0 atom stereocenters. The fourth-order valence-electron chi connectivity index (χ4n) is 3.54. The smallest absolute Gasteiger partial charge is 0.0587 e. The van der Waals surface area contributed by atoms with Gasteiger partial charge in [0.05, 0.1) is 18.8 Å². The molecule has 0 saturated heterocycles. The van der Waals surface area contributed by atoms with E-state index >= 15 is 0 Å². The number of rotatable bonds is 7. The number of hydrogen-bond acceptors (Lipinski definition) is 3. The Morgan fingerprint density at radius 1 is 1.19 bits per heavy atom. The van der Waals surface area contributed by atoms with Gasteiger partial charge >= 0.3 is 0 Å². The molecule has 0 bridgehead atoms. The van der Waals surface area contributed by atoms with E-state index in [-0.39, 0.29) is 0 Å². The summed E-state index contributed by atoms with van der Waals surface area (Å²) in [5.74, 6) is 0.773. The van der Waals surface area contributed by atoms with Gasteiger partial charge < -0.3 is 10.1 Å². The highest BCUT2D eigenvalue weighted by molar-refractivity contribution is 5.26. The molecule has 1 aromatic heterocycles. The average molecular weight is 291 g/mol. The van der Waals surface area contributed by atoms with Crippen LogP contribution in [0.3, 0.4) is 0 Å². The van der Waals surface area contributed by atoms with Gasteiger partial charge in [-0.2, -0.15) is 5.10 Å². The molecule has 2 fully saturated rings. The van der Waals surface area contributed by atoms with Crippen LogP contribution in [0, 0.1) is 0 Å². The quantitative estimate of drug-likeness (QED) is 0.618. The highest BCUT2D eigenvalue weighted by Gasteiger charge is 2.32. The van der Waals surface area contributed by atoms with E-state index in [1.165, 1.54) is 62.6 Å². The average Bonchev–Trinajstić information content (AvgIpc) is 3.29. The van der Waals surface area contributed by atoms with E-state index < -0.39 is 0 Å². The minimum Gasteiger partial charge on any atom is -0.383 e. The van der Waals surface area contributed by atoms with Crippen molar-refractivity contribution < 1.29 is 4.74 Å². The third-order valence-electron chi connectivity index (χ3n) is 4.85. The summed E-state index contributed by atoms with van der Waals surface area (Å²) < 4.78 is 7.50. The van der Waals surface area contributed by atoms with Crippen molar-refractivity contribution in [2.24, 2.45) is 0 Å². The second kappa shape index (κ2) is 7.41. The molecule has 21 heavy (non-hydrogen) atoms. The maximum Gasteiger partial charge on any atom is 0.0587 e. The molecule has 4 heteroatoms.